The molecule has 1 fully saturated rings. The minimum Gasteiger partial charge on any atom is -0.471 e. The van der Waals surface area contributed by atoms with Crippen molar-refractivity contribution in [2.75, 3.05) is 13.1 Å². The molecule has 0 atom stereocenters. The molecule has 0 aliphatic carbocycles. The van der Waals surface area contributed by atoms with Crippen LogP contribution in [-0.2, 0) is 0 Å². The third kappa shape index (κ3) is 2.18. The van der Waals surface area contributed by atoms with Crippen LogP contribution in [0.2, 0.25) is 0 Å². The van der Waals surface area contributed by atoms with E-state index >= 15 is 0 Å². The first-order valence-corrected chi connectivity index (χ1v) is 5.11. The molecule has 0 saturated carbocycles. The lowest BCUT2D eigenvalue weighted by Crippen LogP contribution is -2.26. The van der Waals surface area contributed by atoms with Crippen molar-refractivity contribution in [3.8, 4) is 11.8 Å². The maximum absolute atomic E-state index is 5.07. The smallest absolute Gasteiger partial charge is 0.106 e. The van der Waals surface area contributed by atoms with E-state index in [1.807, 2.05) is 6.92 Å². The Hall–Kier alpha value is -1.20. The molecule has 0 unspecified atom stereocenters. The first kappa shape index (κ1) is 9.36. The van der Waals surface area contributed by atoms with Crippen LogP contribution in [0.25, 0.3) is 0 Å². The molecule has 0 aromatic carbocycles. The van der Waals surface area contributed by atoms with Crippen molar-refractivity contribution in [1.29, 1.82) is 0 Å². The highest BCUT2D eigenvalue weighted by Crippen LogP contribution is 2.11. The normalized spacial score (nSPS) is 17.5. The van der Waals surface area contributed by atoms with Gasteiger partial charge in [0, 0.05) is 11.5 Å². The van der Waals surface area contributed by atoms with Crippen LogP contribution >= 0.6 is 0 Å². The third-order valence-corrected chi connectivity index (χ3v) is 2.61. The van der Waals surface area contributed by atoms with Crippen molar-refractivity contribution in [3.05, 3.63) is 23.7 Å². The summed E-state index contributed by atoms with van der Waals surface area (Å²) in [6.07, 6.45) is 5.81. The van der Waals surface area contributed by atoms with Crippen LogP contribution in [0.5, 0.6) is 0 Å². The van der Waals surface area contributed by atoms with E-state index in [9.17, 15) is 0 Å². The monoisotopic (exact) mass is 189 g/mol. The number of hydrogen-bond acceptors (Lipinski definition) is 2. The predicted molar refractivity (Wildman–Crippen MR) is 55.9 cm³/mol. The van der Waals surface area contributed by atoms with E-state index in [2.05, 4.69) is 17.2 Å². The van der Waals surface area contributed by atoms with Crippen molar-refractivity contribution in [2.45, 2.75) is 19.8 Å². The Kier molecular flexibility index (Phi) is 2.90. The van der Waals surface area contributed by atoms with Gasteiger partial charge >= 0.3 is 0 Å². The fourth-order valence-corrected chi connectivity index (χ4v) is 1.63. The highest BCUT2D eigenvalue weighted by molar-refractivity contribution is 5.37. The summed E-state index contributed by atoms with van der Waals surface area (Å²) in [6, 6.07) is 0. The molecule has 0 amide bonds. The van der Waals surface area contributed by atoms with Gasteiger partial charge in [0.25, 0.3) is 0 Å². The van der Waals surface area contributed by atoms with E-state index in [1.54, 1.807) is 12.5 Å². The quantitative estimate of drug-likeness (QED) is 0.631. The molecule has 14 heavy (non-hydrogen) atoms. The zero-order chi connectivity index (χ0) is 9.80. The van der Waals surface area contributed by atoms with Gasteiger partial charge in [0.05, 0.1) is 11.8 Å². The van der Waals surface area contributed by atoms with Crippen molar-refractivity contribution in [3.63, 3.8) is 0 Å². The van der Waals surface area contributed by atoms with Crippen molar-refractivity contribution in [1.82, 2.24) is 5.32 Å². The Balaban J connectivity index is 2.02. The lowest BCUT2D eigenvalue weighted by atomic mass is 9.98. The summed E-state index contributed by atoms with van der Waals surface area (Å²) in [5.74, 6) is 7.07. The molecule has 0 radical (unpaired) electrons. The third-order valence-electron chi connectivity index (χ3n) is 2.61. The Morgan fingerprint density at radius 1 is 1.36 bits per heavy atom. The summed E-state index contributed by atoms with van der Waals surface area (Å²) in [7, 11) is 0. The van der Waals surface area contributed by atoms with Gasteiger partial charge in [0.2, 0.25) is 0 Å². The standard InChI is InChI=1S/C12H15NO/c1-10-8-14-9-12(10)3-2-11-4-6-13-7-5-11/h8-9,11,13H,4-7H2,1H3. The molecule has 1 aliphatic heterocycles. The molecule has 2 nitrogen and oxygen atoms in total. The maximum atomic E-state index is 5.07. The molecular formula is C12H15NO. The number of aryl methyl sites for hydroxylation is 1. The van der Waals surface area contributed by atoms with E-state index < -0.39 is 0 Å². The van der Waals surface area contributed by atoms with Crippen molar-refractivity contribution >= 4 is 0 Å². The average molecular weight is 189 g/mol. The first-order valence-electron chi connectivity index (χ1n) is 5.11. The highest BCUT2D eigenvalue weighted by Gasteiger charge is 2.09. The number of rotatable bonds is 0. The molecule has 2 heterocycles. The number of nitrogens with one attached hydrogen (secondary N) is 1. The van der Waals surface area contributed by atoms with Gasteiger partial charge in [-0.15, -0.1) is 0 Å². The fraction of sp³-hybridized carbons (Fsp3) is 0.500. The zero-order valence-corrected chi connectivity index (χ0v) is 8.47. The SMILES string of the molecule is Cc1cocc1C#CC1CCNCC1. The van der Waals surface area contributed by atoms with Crippen molar-refractivity contribution in [2.24, 2.45) is 5.92 Å². The number of hydrogen-bond donors (Lipinski definition) is 1. The predicted octanol–water partition coefficient (Wildman–Crippen LogP) is 1.94. The molecule has 2 heteroatoms. The topological polar surface area (TPSA) is 25.2 Å². The molecule has 1 aliphatic rings. The summed E-state index contributed by atoms with van der Waals surface area (Å²) >= 11 is 0. The van der Waals surface area contributed by atoms with Gasteiger partial charge in [-0.25, -0.2) is 0 Å². The van der Waals surface area contributed by atoms with Gasteiger partial charge in [0.1, 0.15) is 6.26 Å². The number of furan rings is 1. The lowest BCUT2D eigenvalue weighted by Gasteiger charge is -2.17. The molecule has 2 rings (SSSR count). The summed E-state index contributed by atoms with van der Waals surface area (Å²) < 4.78 is 5.07. The molecular weight excluding hydrogens is 174 g/mol. The van der Waals surface area contributed by atoms with E-state index in [1.165, 1.54) is 12.8 Å². The van der Waals surface area contributed by atoms with E-state index in [0.717, 1.165) is 24.2 Å². The second-order valence-electron chi connectivity index (χ2n) is 3.76. The Morgan fingerprint density at radius 3 is 2.79 bits per heavy atom. The molecule has 1 aromatic rings. The van der Waals surface area contributed by atoms with Gasteiger partial charge in [-0.2, -0.15) is 0 Å². The summed E-state index contributed by atoms with van der Waals surface area (Å²) in [6.45, 7) is 4.23. The minimum absolute atomic E-state index is 0.561. The Labute approximate surface area is 84.7 Å². The van der Waals surface area contributed by atoms with Crippen LogP contribution in [0.1, 0.15) is 24.0 Å². The zero-order valence-electron chi connectivity index (χ0n) is 8.47. The van der Waals surface area contributed by atoms with E-state index in [-0.39, 0.29) is 0 Å². The molecule has 1 aromatic heterocycles. The largest absolute Gasteiger partial charge is 0.471 e. The average Bonchev–Trinajstić information content (AvgIpc) is 2.63. The van der Waals surface area contributed by atoms with Gasteiger partial charge in [0.15, 0.2) is 0 Å². The Bertz CT molecular complexity index is 350. The molecule has 0 spiro atoms. The lowest BCUT2D eigenvalue weighted by molar-refractivity contribution is 0.447. The van der Waals surface area contributed by atoms with Crippen molar-refractivity contribution < 1.29 is 4.42 Å². The van der Waals surface area contributed by atoms with Crippen LogP contribution in [0.4, 0.5) is 0 Å². The summed E-state index contributed by atoms with van der Waals surface area (Å²) in [5.41, 5.74) is 2.16. The molecule has 0 bridgehead atoms. The maximum Gasteiger partial charge on any atom is 0.106 e. The van der Waals surface area contributed by atoms with Gasteiger partial charge in [-0.3, -0.25) is 0 Å². The van der Waals surface area contributed by atoms with E-state index in [0.29, 0.717) is 5.92 Å². The van der Waals surface area contributed by atoms with E-state index in [4.69, 9.17) is 4.42 Å². The Morgan fingerprint density at radius 2 is 2.14 bits per heavy atom. The van der Waals surface area contributed by atoms with Crippen LogP contribution in [0, 0.1) is 24.7 Å². The number of piperidine rings is 1. The van der Waals surface area contributed by atoms with Gasteiger partial charge < -0.3 is 9.73 Å². The fourth-order valence-electron chi connectivity index (χ4n) is 1.63. The van der Waals surface area contributed by atoms with Gasteiger partial charge in [-0.1, -0.05) is 11.8 Å². The first-order chi connectivity index (χ1) is 6.86. The second kappa shape index (κ2) is 4.34. The van der Waals surface area contributed by atoms with Crippen LogP contribution in [0.15, 0.2) is 16.9 Å². The molecule has 74 valence electrons. The van der Waals surface area contributed by atoms with Crippen LogP contribution in [0.3, 0.4) is 0 Å². The van der Waals surface area contributed by atoms with Gasteiger partial charge in [-0.05, 0) is 32.9 Å². The molecule has 1 N–H and O–H groups in total. The summed E-state index contributed by atoms with van der Waals surface area (Å²) in [5, 5.41) is 3.33. The van der Waals surface area contributed by atoms with Crippen LogP contribution < -0.4 is 5.32 Å². The van der Waals surface area contributed by atoms with Crippen LogP contribution in [-0.4, -0.2) is 13.1 Å². The highest BCUT2D eigenvalue weighted by atomic mass is 16.3. The molecule has 1 saturated heterocycles. The second-order valence-corrected chi connectivity index (χ2v) is 3.76. The minimum atomic E-state index is 0.561. The summed E-state index contributed by atoms with van der Waals surface area (Å²) in [4.78, 5) is 0.